The lowest BCUT2D eigenvalue weighted by molar-refractivity contribution is -0.157. The first-order chi connectivity index (χ1) is 16.0. The molecule has 1 aromatic carbocycles. The molecule has 9 heteroatoms. The van der Waals surface area contributed by atoms with Crippen LogP contribution in [0.25, 0.3) is 11.0 Å². The number of rotatable bonds is 6. The van der Waals surface area contributed by atoms with Crippen LogP contribution in [0.1, 0.15) is 45.6 Å². The molecule has 3 heterocycles. The summed E-state index contributed by atoms with van der Waals surface area (Å²) in [6.45, 7) is 7.58. The Kier molecular flexibility index (Phi) is 7.49. The van der Waals surface area contributed by atoms with Crippen LogP contribution in [0.15, 0.2) is 29.1 Å². The van der Waals surface area contributed by atoms with Gasteiger partial charge in [0.15, 0.2) is 0 Å². The Balaban J connectivity index is 1.26. The average molecular weight is 459 g/mol. The van der Waals surface area contributed by atoms with E-state index in [1.165, 1.54) is 4.57 Å². The number of aromatic nitrogens is 2. The summed E-state index contributed by atoms with van der Waals surface area (Å²) in [6, 6.07) is 6.95. The van der Waals surface area contributed by atoms with Crippen LogP contribution in [0.4, 0.5) is 4.79 Å². The van der Waals surface area contributed by atoms with Gasteiger partial charge in [0, 0.05) is 38.9 Å². The number of likely N-dealkylation sites (tertiary alicyclic amines) is 1. The molecule has 0 unspecified atom stereocenters. The standard InChI is InChI=1S/C24H34N4O5/c1-17(2)27-20-5-3-4-6-21(20)28(24(27)31)23(30)25-15-18-7-11-26(12-8-18)16-33-22(29)19-9-13-32-14-10-19/h3-6,17-19H,7-16H2,1-2H3,(H,25,30). The van der Waals surface area contributed by atoms with Gasteiger partial charge in [0.25, 0.3) is 0 Å². The summed E-state index contributed by atoms with van der Waals surface area (Å²) in [5.74, 6) is 0.154. The number of benzene rings is 1. The second-order valence-corrected chi connectivity index (χ2v) is 9.30. The van der Waals surface area contributed by atoms with Crippen LogP contribution >= 0.6 is 0 Å². The van der Waals surface area contributed by atoms with Crippen LogP contribution in [-0.2, 0) is 14.3 Å². The second-order valence-electron chi connectivity index (χ2n) is 9.30. The number of ether oxygens (including phenoxy) is 2. The molecule has 0 radical (unpaired) electrons. The smallest absolute Gasteiger partial charge is 0.337 e. The van der Waals surface area contributed by atoms with Gasteiger partial charge in [-0.25, -0.2) is 14.2 Å². The molecule has 9 nitrogen and oxygen atoms in total. The Hall–Kier alpha value is -2.65. The zero-order valence-corrected chi connectivity index (χ0v) is 19.5. The Bertz CT molecular complexity index is 1030. The number of hydrogen-bond acceptors (Lipinski definition) is 6. The number of nitrogens with one attached hydrogen (secondary N) is 1. The number of amides is 1. The molecule has 1 N–H and O–H groups in total. The number of imidazole rings is 1. The first-order valence-electron chi connectivity index (χ1n) is 11.9. The third-order valence-corrected chi connectivity index (χ3v) is 6.69. The van der Waals surface area contributed by atoms with Crippen LogP contribution in [0.2, 0.25) is 0 Å². The van der Waals surface area contributed by atoms with E-state index in [0.29, 0.717) is 37.9 Å². The molecule has 1 aromatic heterocycles. The summed E-state index contributed by atoms with van der Waals surface area (Å²) >= 11 is 0. The Morgan fingerprint density at radius 1 is 1.09 bits per heavy atom. The minimum atomic E-state index is -0.386. The third kappa shape index (κ3) is 5.30. The first kappa shape index (κ1) is 23.5. The van der Waals surface area contributed by atoms with Gasteiger partial charge in [0.05, 0.1) is 17.0 Å². The fourth-order valence-corrected chi connectivity index (χ4v) is 4.70. The lowest BCUT2D eigenvalue weighted by Gasteiger charge is -2.32. The lowest BCUT2D eigenvalue weighted by atomic mass is 9.97. The van der Waals surface area contributed by atoms with Crippen LogP contribution in [0.5, 0.6) is 0 Å². The molecule has 2 aliphatic heterocycles. The zero-order chi connectivity index (χ0) is 23.4. The maximum absolute atomic E-state index is 12.9. The van der Waals surface area contributed by atoms with E-state index in [0.717, 1.165) is 44.3 Å². The van der Waals surface area contributed by atoms with Crippen molar-refractivity contribution in [2.24, 2.45) is 11.8 Å². The van der Waals surface area contributed by atoms with Crippen LogP contribution in [0, 0.1) is 11.8 Å². The lowest BCUT2D eigenvalue weighted by Crippen LogP contribution is -2.43. The summed E-state index contributed by atoms with van der Waals surface area (Å²) in [6.07, 6.45) is 3.27. The van der Waals surface area contributed by atoms with Gasteiger partial charge in [-0.15, -0.1) is 0 Å². The molecule has 0 atom stereocenters. The van der Waals surface area contributed by atoms with E-state index in [-0.39, 0.29) is 29.6 Å². The molecule has 2 fully saturated rings. The van der Waals surface area contributed by atoms with Gasteiger partial charge in [-0.1, -0.05) is 12.1 Å². The first-order valence-corrected chi connectivity index (χ1v) is 11.9. The minimum absolute atomic E-state index is 0.0404. The molecule has 0 saturated carbocycles. The highest BCUT2D eigenvalue weighted by atomic mass is 16.5. The number of hydrogen-bond donors (Lipinski definition) is 1. The van der Waals surface area contributed by atoms with Gasteiger partial charge in [-0.05, 0) is 57.6 Å². The van der Waals surface area contributed by atoms with E-state index in [1.54, 1.807) is 10.6 Å². The number of carbonyl (C=O) groups excluding carboxylic acids is 2. The second kappa shape index (κ2) is 10.5. The molecule has 0 spiro atoms. The Morgan fingerprint density at radius 3 is 2.42 bits per heavy atom. The predicted octanol–water partition coefficient (Wildman–Crippen LogP) is 2.58. The average Bonchev–Trinajstić information content (AvgIpc) is 3.14. The van der Waals surface area contributed by atoms with Gasteiger partial charge < -0.3 is 14.8 Å². The van der Waals surface area contributed by atoms with E-state index < -0.39 is 0 Å². The zero-order valence-electron chi connectivity index (χ0n) is 19.5. The molecule has 0 bridgehead atoms. The maximum atomic E-state index is 12.9. The van der Waals surface area contributed by atoms with Crippen molar-refractivity contribution in [2.75, 3.05) is 39.6 Å². The molecular weight excluding hydrogens is 424 g/mol. The number of carbonyl (C=O) groups is 2. The van der Waals surface area contributed by atoms with Crippen molar-refractivity contribution in [3.05, 3.63) is 34.7 Å². The number of piperidine rings is 1. The summed E-state index contributed by atoms with van der Waals surface area (Å²) in [5, 5.41) is 2.96. The highest BCUT2D eigenvalue weighted by molar-refractivity contribution is 5.89. The molecule has 2 aliphatic rings. The molecule has 2 aromatic rings. The van der Waals surface area contributed by atoms with Crippen LogP contribution in [0.3, 0.4) is 0 Å². The maximum Gasteiger partial charge on any atom is 0.337 e. The Labute approximate surface area is 193 Å². The number of fused-ring (bicyclic) bond motifs is 1. The van der Waals surface area contributed by atoms with E-state index in [2.05, 4.69) is 10.2 Å². The van der Waals surface area contributed by atoms with E-state index >= 15 is 0 Å². The van der Waals surface area contributed by atoms with Crippen LogP contribution in [-0.4, -0.2) is 65.6 Å². The van der Waals surface area contributed by atoms with Gasteiger partial charge >= 0.3 is 17.7 Å². The topological polar surface area (TPSA) is 94.8 Å². The molecule has 1 amide bonds. The Morgan fingerprint density at radius 2 is 1.76 bits per heavy atom. The summed E-state index contributed by atoms with van der Waals surface area (Å²) < 4.78 is 13.7. The van der Waals surface area contributed by atoms with Gasteiger partial charge in [0.1, 0.15) is 6.73 Å². The van der Waals surface area contributed by atoms with Crippen molar-refractivity contribution in [2.45, 2.75) is 45.6 Å². The summed E-state index contributed by atoms with van der Waals surface area (Å²) in [7, 11) is 0. The van der Waals surface area contributed by atoms with E-state index in [4.69, 9.17) is 9.47 Å². The summed E-state index contributed by atoms with van der Waals surface area (Å²) in [4.78, 5) is 40.2. The highest BCUT2D eigenvalue weighted by Crippen LogP contribution is 2.20. The van der Waals surface area contributed by atoms with Crippen molar-refractivity contribution in [3.63, 3.8) is 0 Å². The normalized spacial score (nSPS) is 18.6. The van der Waals surface area contributed by atoms with Crippen molar-refractivity contribution >= 4 is 23.0 Å². The van der Waals surface area contributed by atoms with E-state index in [9.17, 15) is 14.4 Å². The van der Waals surface area contributed by atoms with Crippen molar-refractivity contribution in [3.8, 4) is 0 Å². The minimum Gasteiger partial charge on any atom is -0.449 e. The van der Waals surface area contributed by atoms with Crippen molar-refractivity contribution < 1.29 is 19.1 Å². The largest absolute Gasteiger partial charge is 0.449 e. The fourth-order valence-electron chi connectivity index (χ4n) is 4.70. The summed E-state index contributed by atoms with van der Waals surface area (Å²) in [5.41, 5.74) is 1.07. The predicted molar refractivity (Wildman–Crippen MR) is 124 cm³/mol. The van der Waals surface area contributed by atoms with Gasteiger partial charge in [-0.2, -0.15) is 0 Å². The monoisotopic (exact) mass is 458 g/mol. The van der Waals surface area contributed by atoms with Gasteiger partial charge in [0.2, 0.25) is 0 Å². The molecule has 0 aliphatic carbocycles. The molecular formula is C24H34N4O5. The number of para-hydroxylation sites is 2. The highest BCUT2D eigenvalue weighted by Gasteiger charge is 2.26. The number of nitrogens with zero attached hydrogens (tertiary/aromatic N) is 3. The van der Waals surface area contributed by atoms with E-state index in [1.807, 2.05) is 32.0 Å². The molecule has 2 saturated heterocycles. The van der Waals surface area contributed by atoms with Crippen LogP contribution < -0.4 is 11.0 Å². The molecule has 4 rings (SSSR count). The SMILES string of the molecule is CC(C)n1c(=O)n(C(=O)NCC2CCN(COC(=O)C3CCOCC3)CC2)c2ccccc21. The van der Waals surface area contributed by atoms with Crippen molar-refractivity contribution in [1.29, 1.82) is 0 Å². The van der Waals surface area contributed by atoms with Gasteiger partial charge in [-0.3, -0.25) is 14.3 Å². The molecule has 180 valence electrons. The third-order valence-electron chi connectivity index (χ3n) is 6.69. The van der Waals surface area contributed by atoms with Crippen molar-refractivity contribution in [1.82, 2.24) is 19.4 Å². The fraction of sp³-hybridized carbons (Fsp3) is 0.625. The quantitative estimate of drug-likeness (QED) is 0.669. The molecule has 33 heavy (non-hydrogen) atoms. The number of esters is 1.